The smallest absolute Gasteiger partial charge is 0.136 e. The van der Waals surface area contributed by atoms with Crippen LogP contribution in [0.4, 0.5) is 17.1 Å². The number of furan rings is 1. The number of benzene rings is 10. The molecule has 10 aromatic carbocycles. The molecule has 0 aliphatic rings. The highest BCUT2D eigenvalue weighted by Crippen LogP contribution is 2.46. The number of fused-ring (bicyclic) bond motifs is 10. The third kappa shape index (κ3) is 5.62. The van der Waals surface area contributed by atoms with E-state index >= 15 is 0 Å². The average Bonchev–Trinajstić information content (AvgIpc) is 3.89. The van der Waals surface area contributed by atoms with Gasteiger partial charge in [-0.1, -0.05) is 152 Å². The summed E-state index contributed by atoms with van der Waals surface area (Å²) in [6, 6.07) is 76.9. The highest BCUT2D eigenvalue weighted by atomic mass is 32.1. The number of rotatable bonds is 6. The number of hydrogen-bond donors (Lipinski definition) is 0. The molecule has 2 heterocycles. The maximum Gasteiger partial charge on any atom is 0.136 e. The Labute approximate surface area is 345 Å². The van der Waals surface area contributed by atoms with Crippen LogP contribution in [0.3, 0.4) is 0 Å². The number of thiophene rings is 1. The van der Waals surface area contributed by atoms with Crippen molar-refractivity contribution in [2.45, 2.75) is 0 Å². The van der Waals surface area contributed by atoms with E-state index in [1.54, 1.807) is 0 Å². The molecule has 0 saturated heterocycles. The third-order valence-electron chi connectivity index (χ3n) is 11.9. The average molecular weight is 770 g/mol. The molecule has 276 valence electrons. The number of nitrogens with zero attached hydrogens (tertiary/aromatic N) is 1. The zero-order valence-electron chi connectivity index (χ0n) is 32.0. The van der Waals surface area contributed by atoms with Gasteiger partial charge in [0.2, 0.25) is 0 Å². The number of anilines is 3. The van der Waals surface area contributed by atoms with E-state index in [2.05, 4.69) is 211 Å². The molecule has 0 fully saturated rings. The summed E-state index contributed by atoms with van der Waals surface area (Å²) in [4.78, 5) is 2.36. The molecule has 2 nitrogen and oxygen atoms in total. The van der Waals surface area contributed by atoms with E-state index in [9.17, 15) is 0 Å². The lowest BCUT2D eigenvalue weighted by atomic mass is 9.97. The molecule has 0 amide bonds. The van der Waals surface area contributed by atoms with E-state index in [1.807, 2.05) is 17.4 Å². The lowest BCUT2D eigenvalue weighted by Gasteiger charge is -2.26. The number of hydrogen-bond acceptors (Lipinski definition) is 3. The van der Waals surface area contributed by atoms with E-state index in [0.29, 0.717) is 0 Å². The Kier molecular flexibility index (Phi) is 7.75. The van der Waals surface area contributed by atoms with Crippen LogP contribution >= 0.6 is 11.3 Å². The zero-order valence-corrected chi connectivity index (χ0v) is 32.8. The maximum atomic E-state index is 6.27. The van der Waals surface area contributed by atoms with Gasteiger partial charge < -0.3 is 9.32 Å². The first-order valence-electron chi connectivity index (χ1n) is 20.1. The minimum atomic E-state index is 0.930. The third-order valence-corrected chi connectivity index (χ3v) is 13.2. The summed E-state index contributed by atoms with van der Waals surface area (Å²) in [7, 11) is 0. The summed E-state index contributed by atoms with van der Waals surface area (Å²) in [5.74, 6) is 0. The molecule has 0 saturated carbocycles. The van der Waals surface area contributed by atoms with Crippen LogP contribution in [0.25, 0.3) is 97.0 Å². The second-order valence-electron chi connectivity index (χ2n) is 15.3. The van der Waals surface area contributed by atoms with Crippen molar-refractivity contribution in [3.05, 3.63) is 212 Å². The SMILES string of the molecule is c1ccc(-c2ccc(N(c3ccc(-c4ccc5c(ccc6ccccc65)c4)cc3)c3ccc(-c4cccc5c4sc4c5ccc5oc6ccccc6c54)cc3)cc2)cc1. The molecule has 12 rings (SSSR count). The molecule has 0 atom stereocenters. The maximum absolute atomic E-state index is 6.27. The molecule has 0 radical (unpaired) electrons. The number of para-hydroxylation sites is 1. The van der Waals surface area contributed by atoms with Crippen molar-refractivity contribution >= 4 is 92.1 Å². The highest BCUT2D eigenvalue weighted by Gasteiger charge is 2.18. The van der Waals surface area contributed by atoms with Crippen LogP contribution in [0.5, 0.6) is 0 Å². The van der Waals surface area contributed by atoms with Gasteiger partial charge in [0.25, 0.3) is 0 Å². The minimum absolute atomic E-state index is 0.930. The first kappa shape index (κ1) is 33.7. The van der Waals surface area contributed by atoms with E-state index in [-0.39, 0.29) is 0 Å². The fourth-order valence-electron chi connectivity index (χ4n) is 8.96. The van der Waals surface area contributed by atoms with Crippen LogP contribution in [0.1, 0.15) is 0 Å². The van der Waals surface area contributed by atoms with Gasteiger partial charge in [0, 0.05) is 48.0 Å². The monoisotopic (exact) mass is 769 g/mol. The Morgan fingerprint density at radius 2 is 0.864 bits per heavy atom. The first-order chi connectivity index (χ1) is 29.2. The van der Waals surface area contributed by atoms with Crippen molar-refractivity contribution in [2.24, 2.45) is 0 Å². The van der Waals surface area contributed by atoms with Crippen LogP contribution < -0.4 is 4.90 Å². The van der Waals surface area contributed by atoms with Gasteiger partial charge in [-0.15, -0.1) is 11.3 Å². The van der Waals surface area contributed by atoms with Gasteiger partial charge in [-0.05, 0) is 116 Å². The molecule has 0 spiro atoms. The Hall–Kier alpha value is -7.46. The van der Waals surface area contributed by atoms with E-state index in [1.165, 1.54) is 85.9 Å². The normalized spacial score (nSPS) is 11.7. The fraction of sp³-hybridized carbons (Fsp3) is 0. The molecule has 59 heavy (non-hydrogen) atoms. The van der Waals surface area contributed by atoms with Gasteiger partial charge in [-0.2, -0.15) is 0 Å². The molecule has 0 bridgehead atoms. The summed E-state index contributed by atoms with van der Waals surface area (Å²) in [6.45, 7) is 0. The van der Waals surface area contributed by atoms with Crippen molar-refractivity contribution in [3.63, 3.8) is 0 Å². The van der Waals surface area contributed by atoms with E-state index < -0.39 is 0 Å². The summed E-state index contributed by atoms with van der Waals surface area (Å²) >= 11 is 1.87. The van der Waals surface area contributed by atoms with E-state index in [4.69, 9.17) is 4.42 Å². The van der Waals surface area contributed by atoms with Crippen LogP contribution in [-0.4, -0.2) is 0 Å². The standard InChI is InChI=1S/C56H35NOS/c1-2-9-36(10-3-1)37-19-26-43(27-20-37)57(44-28-21-38(22-29-44)41-25-32-47-42(35-41)18-17-39-11-4-5-12-46(39)47)45-30-23-40(24-31-45)48-14-8-15-49-50-33-34-53-54(56(50)59-55(48)49)51-13-6-7-16-52(51)58-53/h1-35H. The quantitative estimate of drug-likeness (QED) is 0.157. The van der Waals surface area contributed by atoms with Gasteiger partial charge in [0.1, 0.15) is 11.2 Å². The van der Waals surface area contributed by atoms with Gasteiger partial charge in [0.15, 0.2) is 0 Å². The van der Waals surface area contributed by atoms with Crippen LogP contribution in [-0.2, 0) is 0 Å². The molecule has 0 N–H and O–H groups in total. The second-order valence-corrected chi connectivity index (χ2v) is 16.3. The Morgan fingerprint density at radius 1 is 0.322 bits per heavy atom. The summed E-state index contributed by atoms with van der Waals surface area (Å²) in [5, 5.41) is 10.0. The summed E-state index contributed by atoms with van der Waals surface area (Å²) in [5.41, 5.74) is 12.4. The van der Waals surface area contributed by atoms with Crippen molar-refractivity contribution in [3.8, 4) is 33.4 Å². The Balaban J connectivity index is 0.935. The topological polar surface area (TPSA) is 16.4 Å². The highest BCUT2D eigenvalue weighted by molar-refractivity contribution is 7.27. The second kappa shape index (κ2) is 13.6. The summed E-state index contributed by atoms with van der Waals surface area (Å²) < 4.78 is 8.83. The molecule has 2 aromatic heterocycles. The van der Waals surface area contributed by atoms with Crippen molar-refractivity contribution in [1.29, 1.82) is 0 Å². The van der Waals surface area contributed by atoms with Gasteiger partial charge in [-0.3, -0.25) is 0 Å². The van der Waals surface area contributed by atoms with Crippen molar-refractivity contribution in [1.82, 2.24) is 0 Å². The predicted octanol–water partition coefficient (Wildman–Crippen LogP) is 16.7. The molecular weight excluding hydrogens is 735 g/mol. The van der Waals surface area contributed by atoms with Crippen LogP contribution in [0, 0.1) is 0 Å². The first-order valence-corrected chi connectivity index (χ1v) is 20.9. The van der Waals surface area contributed by atoms with Crippen LogP contribution in [0.2, 0.25) is 0 Å². The molecule has 0 aliphatic heterocycles. The largest absolute Gasteiger partial charge is 0.456 e. The van der Waals surface area contributed by atoms with Gasteiger partial charge in [-0.25, -0.2) is 0 Å². The van der Waals surface area contributed by atoms with Gasteiger partial charge in [0.05, 0.1) is 0 Å². The molecular formula is C56H35NOS. The lowest BCUT2D eigenvalue weighted by Crippen LogP contribution is -2.09. The molecule has 0 unspecified atom stereocenters. The Morgan fingerprint density at radius 3 is 1.63 bits per heavy atom. The minimum Gasteiger partial charge on any atom is -0.456 e. The molecule has 12 aromatic rings. The van der Waals surface area contributed by atoms with E-state index in [0.717, 1.165) is 28.2 Å². The van der Waals surface area contributed by atoms with Crippen molar-refractivity contribution < 1.29 is 4.42 Å². The lowest BCUT2D eigenvalue weighted by molar-refractivity contribution is 0.669. The predicted molar refractivity (Wildman–Crippen MR) is 253 cm³/mol. The van der Waals surface area contributed by atoms with Crippen LogP contribution in [0.15, 0.2) is 217 Å². The van der Waals surface area contributed by atoms with Crippen molar-refractivity contribution in [2.75, 3.05) is 4.90 Å². The summed E-state index contributed by atoms with van der Waals surface area (Å²) in [6.07, 6.45) is 0. The fourth-order valence-corrected chi connectivity index (χ4v) is 10.3. The Bertz CT molecular complexity index is 3530. The zero-order chi connectivity index (χ0) is 38.9. The molecule has 3 heteroatoms. The molecule has 0 aliphatic carbocycles. The van der Waals surface area contributed by atoms with Gasteiger partial charge >= 0.3 is 0 Å².